The van der Waals surface area contributed by atoms with E-state index in [9.17, 15) is 4.79 Å². The molecule has 19 heavy (non-hydrogen) atoms. The highest BCUT2D eigenvalue weighted by Crippen LogP contribution is 2.27. The van der Waals surface area contributed by atoms with Crippen LogP contribution in [0.3, 0.4) is 0 Å². The smallest absolute Gasteiger partial charge is 0.220 e. The van der Waals surface area contributed by atoms with Gasteiger partial charge in [-0.3, -0.25) is 4.79 Å². The first-order chi connectivity index (χ1) is 9.24. The Balaban J connectivity index is 1.63. The molecule has 0 aromatic heterocycles. The molecule has 0 bridgehead atoms. The van der Waals surface area contributed by atoms with Crippen LogP contribution in [0.4, 0.5) is 0 Å². The van der Waals surface area contributed by atoms with Crippen LogP contribution >= 0.6 is 0 Å². The lowest BCUT2D eigenvalue weighted by molar-refractivity contribution is -0.123. The van der Waals surface area contributed by atoms with Crippen molar-refractivity contribution in [1.82, 2.24) is 5.32 Å². The lowest BCUT2D eigenvalue weighted by Gasteiger charge is -2.26. The molecule has 1 saturated heterocycles. The second-order valence-corrected chi connectivity index (χ2v) is 6.47. The van der Waals surface area contributed by atoms with Crippen molar-refractivity contribution in [2.24, 2.45) is 11.8 Å². The molecule has 1 aliphatic carbocycles. The first kappa shape index (κ1) is 14.8. The highest BCUT2D eigenvalue weighted by atomic mass is 16.5. The lowest BCUT2D eigenvalue weighted by atomic mass is 9.85. The van der Waals surface area contributed by atoms with Crippen LogP contribution in [-0.2, 0) is 9.53 Å². The van der Waals surface area contributed by atoms with Crippen LogP contribution in [0.15, 0.2) is 0 Å². The monoisotopic (exact) mass is 267 g/mol. The number of carbonyl (C=O) groups excluding carboxylic acids is 1. The molecular formula is C16H29NO2. The minimum Gasteiger partial charge on any atom is -0.381 e. The Morgan fingerprint density at radius 1 is 1.11 bits per heavy atom. The zero-order valence-corrected chi connectivity index (χ0v) is 12.3. The van der Waals surface area contributed by atoms with Crippen LogP contribution in [-0.4, -0.2) is 25.2 Å². The van der Waals surface area contributed by atoms with Crippen molar-refractivity contribution in [3.63, 3.8) is 0 Å². The Morgan fingerprint density at radius 2 is 1.79 bits per heavy atom. The summed E-state index contributed by atoms with van der Waals surface area (Å²) in [4.78, 5) is 12.0. The van der Waals surface area contributed by atoms with Gasteiger partial charge in [-0.05, 0) is 38.0 Å². The molecule has 2 rings (SSSR count). The molecule has 0 aromatic carbocycles. The van der Waals surface area contributed by atoms with Gasteiger partial charge >= 0.3 is 0 Å². The van der Waals surface area contributed by atoms with E-state index in [-0.39, 0.29) is 5.91 Å². The normalized spacial score (nSPS) is 24.1. The summed E-state index contributed by atoms with van der Waals surface area (Å²) in [7, 11) is 0. The van der Waals surface area contributed by atoms with E-state index in [2.05, 4.69) is 12.2 Å². The predicted molar refractivity (Wildman–Crippen MR) is 77.0 cm³/mol. The van der Waals surface area contributed by atoms with Gasteiger partial charge in [0.25, 0.3) is 0 Å². The second kappa shape index (κ2) is 7.88. The minimum atomic E-state index is 0.246. The molecule has 110 valence electrons. The highest BCUT2D eigenvalue weighted by Gasteiger charge is 2.20. The molecule has 1 heterocycles. The minimum absolute atomic E-state index is 0.246. The number of ether oxygens (including phenoxy) is 1. The number of hydrogen-bond donors (Lipinski definition) is 1. The van der Waals surface area contributed by atoms with E-state index in [0.29, 0.717) is 18.4 Å². The van der Waals surface area contributed by atoms with Gasteiger partial charge in [0, 0.05) is 25.7 Å². The summed E-state index contributed by atoms with van der Waals surface area (Å²) < 4.78 is 5.33. The largest absolute Gasteiger partial charge is 0.381 e. The average molecular weight is 267 g/mol. The van der Waals surface area contributed by atoms with Crippen molar-refractivity contribution < 1.29 is 9.53 Å². The standard InChI is InChI=1S/C16H29NO2/c1-13(11-14-5-3-2-4-6-14)17-16(18)12-15-7-9-19-10-8-15/h13-15H,2-12H2,1H3,(H,17,18)/t13-/m1/s1. The van der Waals surface area contributed by atoms with Gasteiger partial charge in [-0.2, -0.15) is 0 Å². The summed E-state index contributed by atoms with van der Waals surface area (Å²) in [6.07, 6.45) is 10.8. The fraction of sp³-hybridized carbons (Fsp3) is 0.938. The van der Waals surface area contributed by atoms with Crippen LogP contribution in [0.25, 0.3) is 0 Å². The lowest BCUT2D eigenvalue weighted by Crippen LogP contribution is -2.36. The molecule has 1 N–H and O–H groups in total. The van der Waals surface area contributed by atoms with Gasteiger partial charge in [0.05, 0.1) is 0 Å². The van der Waals surface area contributed by atoms with Crippen molar-refractivity contribution in [1.29, 1.82) is 0 Å². The summed E-state index contributed by atoms with van der Waals surface area (Å²) >= 11 is 0. The van der Waals surface area contributed by atoms with Crippen molar-refractivity contribution >= 4 is 5.91 Å². The van der Waals surface area contributed by atoms with E-state index in [1.54, 1.807) is 0 Å². The molecule has 0 radical (unpaired) electrons. The van der Waals surface area contributed by atoms with Gasteiger partial charge in [0.15, 0.2) is 0 Å². The molecule has 2 aliphatic rings. The van der Waals surface area contributed by atoms with Crippen molar-refractivity contribution in [2.45, 2.75) is 70.8 Å². The first-order valence-electron chi connectivity index (χ1n) is 8.11. The fourth-order valence-corrected chi connectivity index (χ4v) is 3.53. The summed E-state index contributed by atoms with van der Waals surface area (Å²) in [6.45, 7) is 3.82. The molecule has 3 nitrogen and oxygen atoms in total. The van der Waals surface area contributed by atoms with Crippen molar-refractivity contribution in [3.8, 4) is 0 Å². The Hall–Kier alpha value is -0.570. The molecule has 0 aromatic rings. The number of rotatable bonds is 5. The average Bonchev–Trinajstić information content (AvgIpc) is 2.40. The SMILES string of the molecule is C[C@H](CC1CCCCC1)NC(=O)CC1CCOCC1. The van der Waals surface area contributed by atoms with E-state index in [1.165, 1.54) is 38.5 Å². The van der Waals surface area contributed by atoms with E-state index in [4.69, 9.17) is 4.74 Å². The number of hydrogen-bond acceptors (Lipinski definition) is 2. The van der Waals surface area contributed by atoms with Gasteiger partial charge in [-0.1, -0.05) is 32.1 Å². The first-order valence-corrected chi connectivity index (χ1v) is 8.11. The molecule has 0 spiro atoms. The van der Waals surface area contributed by atoms with Crippen LogP contribution in [0.5, 0.6) is 0 Å². The number of nitrogens with one attached hydrogen (secondary N) is 1. The number of amides is 1. The molecule has 2 fully saturated rings. The molecule has 1 saturated carbocycles. The Labute approximate surface area is 117 Å². The van der Waals surface area contributed by atoms with E-state index in [1.807, 2.05) is 0 Å². The maximum atomic E-state index is 12.0. The number of carbonyl (C=O) groups is 1. The zero-order chi connectivity index (χ0) is 13.5. The quantitative estimate of drug-likeness (QED) is 0.830. The Kier molecular flexibility index (Phi) is 6.15. The summed E-state index contributed by atoms with van der Waals surface area (Å²) in [5.41, 5.74) is 0. The summed E-state index contributed by atoms with van der Waals surface area (Å²) in [6, 6.07) is 0.343. The molecule has 3 heteroatoms. The van der Waals surface area contributed by atoms with Crippen LogP contribution in [0.2, 0.25) is 0 Å². The van der Waals surface area contributed by atoms with Gasteiger partial charge in [-0.15, -0.1) is 0 Å². The summed E-state index contributed by atoms with van der Waals surface area (Å²) in [5, 5.41) is 3.19. The third-order valence-corrected chi connectivity index (χ3v) is 4.63. The topological polar surface area (TPSA) is 38.3 Å². The van der Waals surface area contributed by atoms with Crippen LogP contribution in [0.1, 0.15) is 64.7 Å². The third kappa shape index (κ3) is 5.52. The van der Waals surface area contributed by atoms with Gasteiger partial charge < -0.3 is 10.1 Å². The predicted octanol–water partition coefficient (Wildman–Crippen LogP) is 3.28. The Morgan fingerprint density at radius 3 is 2.47 bits per heavy atom. The molecule has 0 unspecified atom stereocenters. The Bertz CT molecular complexity index is 268. The molecule has 1 amide bonds. The fourth-order valence-electron chi connectivity index (χ4n) is 3.53. The molecule has 1 atom stereocenters. The van der Waals surface area contributed by atoms with Crippen LogP contribution < -0.4 is 5.32 Å². The summed E-state index contributed by atoms with van der Waals surface area (Å²) in [5.74, 6) is 1.62. The maximum absolute atomic E-state index is 12.0. The van der Waals surface area contributed by atoms with Crippen molar-refractivity contribution in [3.05, 3.63) is 0 Å². The van der Waals surface area contributed by atoms with E-state index >= 15 is 0 Å². The molecule has 1 aliphatic heterocycles. The molecular weight excluding hydrogens is 238 g/mol. The highest BCUT2D eigenvalue weighted by molar-refractivity contribution is 5.76. The maximum Gasteiger partial charge on any atom is 0.220 e. The third-order valence-electron chi connectivity index (χ3n) is 4.63. The van der Waals surface area contributed by atoms with Crippen molar-refractivity contribution in [2.75, 3.05) is 13.2 Å². The van der Waals surface area contributed by atoms with E-state index < -0.39 is 0 Å². The second-order valence-electron chi connectivity index (χ2n) is 6.47. The zero-order valence-electron chi connectivity index (χ0n) is 12.3. The van der Waals surface area contributed by atoms with Gasteiger partial charge in [-0.25, -0.2) is 0 Å². The van der Waals surface area contributed by atoms with Crippen LogP contribution in [0, 0.1) is 11.8 Å². The van der Waals surface area contributed by atoms with Gasteiger partial charge in [0.2, 0.25) is 5.91 Å². The van der Waals surface area contributed by atoms with E-state index in [0.717, 1.165) is 32.0 Å². The van der Waals surface area contributed by atoms with Gasteiger partial charge in [0.1, 0.15) is 0 Å².